The second-order valence-corrected chi connectivity index (χ2v) is 20.9. The summed E-state index contributed by atoms with van der Waals surface area (Å²) in [6.07, 6.45) is -1.31. The molecule has 1 aromatic carbocycles. The highest BCUT2D eigenvalue weighted by Gasteiger charge is 2.35. The van der Waals surface area contributed by atoms with Crippen LogP contribution in [-0.2, 0) is 68.7 Å². The number of carboxylic acid groups (broad SMARTS) is 1. The molecule has 83 heavy (non-hydrogen) atoms. The van der Waals surface area contributed by atoms with Crippen molar-refractivity contribution < 1.29 is 72.5 Å². The van der Waals surface area contributed by atoms with Gasteiger partial charge < -0.3 is 92.0 Å². The molecule has 0 radical (unpaired) electrons. The number of carboxylic acids is 1. The predicted molar refractivity (Wildman–Crippen MR) is 304 cm³/mol. The smallest absolute Gasteiger partial charge is 0.326 e. The lowest BCUT2D eigenvalue weighted by molar-refractivity contribution is -0.142. The van der Waals surface area contributed by atoms with Gasteiger partial charge in [0.05, 0.1) is 32.0 Å². The third kappa shape index (κ3) is 28.8. The first-order valence-electron chi connectivity index (χ1n) is 26.7. The van der Waals surface area contributed by atoms with Crippen LogP contribution in [0.5, 0.6) is 5.75 Å². The average molecular weight is 1190 g/mol. The fourth-order valence-corrected chi connectivity index (χ4v) is 7.86. The molecule has 31 nitrogen and oxygen atoms in total. The zero-order valence-electron chi connectivity index (χ0n) is 47.7. The van der Waals surface area contributed by atoms with Crippen molar-refractivity contribution in [1.29, 1.82) is 0 Å². The number of hydrogen-bond acceptors (Lipinski definition) is 17. The third-order valence-electron chi connectivity index (χ3n) is 12.3. The Balaban J connectivity index is 3.18. The van der Waals surface area contributed by atoms with E-state index in [1.54, 1.807) is 34.6 Å². The number of nitrogens with one attached hydrogen (secondary N) is 10. The maximum Gasteiger partial charge on any atom is 0.326 e. The number of hydrogen-bond donors (Lipinski definition) is 18. The van der Waals surface area contributed by atoms with E-state index in [-0.39, 0.29) is 73.9 Å². The van der Waals surface area contributed by atoms with Gasteiger partial charge in [0, 0.05) is 18.7 Å². The maximum absolute atomic E-state index is 14.0. The van der Waals surface area contributed by atoms with Crippen LogP contribution in [0.1, 0.15) is 99.0 Å². The van der Waals surface area contributed by atoms with Crippen LogP contribution < -0.4 is 81.8 Å². The molecule has 0 aliphatic carbocycles. The summed E-state index contributed by atoms with van der Waals surface area (Å²) < 4.78 is 0. The normalized spacial score (nSPS) is 14.6. The number of nitrogens with two attached hydrogens (primary N) is 5. The van der Waals surface area contributed by atoms with E-state index in [9.17, 15) is 72.5 Å². The number of phenolic OH excluding ortho intramolecular Hbond substituents is 1. The van der Waals surface area contributed by atoms with Gasteiger partial charge in [-0.2, -0.15) is 12.6 Å². The summed E-state index contributed by atoms with van der Waals surface area (Å²) in [4.78, 5) is 174. The molecule has 0 aliphatic rings. The van der Waals surface area contributed by atoms with E-state index < -0.39 is 157 Å². The van der Waals surface area contributed by atoms with Crippen molar-refractivity contribution in [2.24, 2.45) is 51.4 Å². The minimum absolute atomic E-state index is 0.0180. The molecule has 1 rings (SSSR count). The van der Waals surface area contributed by atoms with E-state index in [2.05, 4.69) is 70.8 Å². The van der Waals surface area contributed by atoms with Gasteiger partial charge in [0.2, 0.25) is 70.9 Å². The molecule has 0 unspecified atom stereocenters. The number of guanidine groups is 1. The van der Waals surface area contributed by atoms with Gasteiger partial charge in [0.15, 0.2) is 5.96 Å². The van der Waals surface area contributed by atoms with E-state index in [1.165, 1.54) is 31.2 Å². The quantitative estimate of drug-likeness (QED) is 0.0127. The van der Waals surface area contributed by atoms with Crippen molar-refractivity contribution in [1.82, 2.24) is 53.2 Å². The second kappa shape index (κ2) is 36.9. The number of aliphatic carboxylic acids is 1. The van der Waals surface area contributed by atoms with Crippen LogP contribution in [0.3, 0.4) is 0 Å². The number of carbonyl (C=O) groups is 13. The summed E-state index contributed by atoms with van der Waals surface area (Å²) >= 11 is 4.12. The highest BCUT2D eigenvalue weighted by molar-refractivity contribution is 7.80. The van der Waals surface area contributed by atoms with E-state index in [4.69, 9.17) is 28.7 Å². The molecule has 0 saturated heterocycles. The van der Waals surface area contributed by atoms with Gasteiger partial charge in [0.1, 0.15) is 54.1 Å². The highest BCUT2D eigenvalue weighted by atomic mass is 32.1. The fraction of sp³-hybridized carbons (Fsp3) is 0.608. The number of carbonyl (C=O) groups excluding carboxylic acids is 12. The Morgan fingerprint density at radius 1 is 0.542 bits per heavy atom. The number of phenols is 1. The van der Waals surface area contributed by atoms with Gasteiger partial charge in [-0.05, 0) is 68.1 Å². The largest absolute Gasteiger partial charge is 0.508 e. The molecule has 464 valence electrons. The van der Waals surface area contributed by atoms with Gasteiger partial charge in [-0.25, -0.2) is 4.79 Å². The Morgan fingerprint density at radius 2 is 0.964 bits per heavy atom. The first-order valence-corrected chi connectivity index (χ1v) is 27.4. The summed E-state index contributed by atoms with van der Waals surface area (Å²) in [6, 6.07) is -7.01. The highest BCUT2D eigenvalue weighted by Crippen LogP contribution is 2.14. The number of aromatic hydroxyl groups is 1. The molecule has 0 saturated carbocycles. The molecule has 0 aromatic heterocycles. The van der Waals surface area contributed by atoms with Crippen LogP contribution in [0.2, 0.25) is 0 Å². The zero-order valence-corrected chi connectivity index (χ0v) is 48.6. The molecular weight excluding hydrogens is 1110 g/mol. The van der Waals surface area contributed by atoms with Gasteiger partial charge >= 0.3 is 5.97 Å². The number of primary amides is 2. The van der Waals surface area contributed by atoms with Gasteiger partial charge in [0.25, 0.3) is 0 Å². The number of rotatable bonds is 38. The number of aliphatic imine (C=N–C) groups is 1. The molecule has 0 heterocycles. The molecule has 1 aromatic rings. The topological polar surface area (TPSA) is 525 Å². The van der Waals surface area contributed by atoms with E-state index in [1.807, 2.05) is 6.92 Å². The van der Waals surface area contributed by atoms with Crippen LogP contribution in [-0.4, -0.2) is 173 Å². The van der Waals surface area contributed by atoms with Crippen LogP contribution in [0.15, 0.2) is 29.3 Å². The molecule has 10 atom stereocenters. The number of amides is 12. The monoisotopic (exact) mass is 1190 g/mol. The van der Waals surface area contributed by atoms with E-state index in [0.29, 0.717) is 12.0 Å². The molecule has 22 N–H and O–H groups in total. The van der Waals surface area contributed by atoms with Crippen molar-refractivity contribution in [3.05, 3.63) is 29.8 Å². The zero-order chi connectivity index (χ0) is 63.3. The Morgan fingerprint density at radius 3 is 1.41 bits per heavy atom. The predicted octanol–water partition coefficient (Wildman–Crippen LogP) is -5.65. The second-order valence-electron chi connectivity index (χ2n) is 20.6. The number of thiol groups is 1. The molecular formula is C51H84N16O15S. The van der Waals surface area contributed by atoms with Crippen molar-refractivity contribution in [3.8, 4) is 5.75 Å². The van der Waals surface area contributed by atoms with E-state index in [0.717, 1.165) is 0 Å². The first kappa shape index (κ1) is 72.7. The van der Waals surface area contributed by atoms with Crippen molar-refractivity contribution >= 4 is 95.4 Å². The minimum atomic E-state index is -1.82. The molecule has 12 amide bonds. The molecule has 0 spiro atoms. The van der Waals surface area contributed by atoms with Gasteiger partial charge in [-0.3, -0.25) is 62.5 Å². The SMILES string of the molecule is CC[C@H](C)[C@H](N)C(=O)N[C@@H](C)C(=O)N[C@@H](CC(N)=O)C(=O)N[C@@H](CC(N)=O)C(=O)N[C@@H](CC(C)C)C(=O)N[C@@H](CCCN=C(N)N)C(=O)NCC(=O)N[C@@H](CS)C(=O)NCC(=O)N[C@@H](CC(C)C)C(=O)N[C@@H](Cc1ccc(O)cc1)C(=O)O. The first-order chi connectivity index (χ1) is 38.8. The third-order valence-corrected chi connectivity index (χ3v) is 12.7. The summed E-state index contributed by atoms with van der Waals surface area (Å²) in [5, 5.41) is 43.2. The average Bonchev–Trinajstić information content (AvgIpc) is 3.47. The van der Waals surface area contributed by atoms with Crippen molar-refractivity contribution in [3.63, 3.8) is 0 Å². The van der Waals surface area contributed by atoms with Crippen molar-refractivity contribution in [2.45, 2.75) is 154 Å². The van der Waals surface area contributed by atoms with Crippen LogP contribution in [0.25, 0.3) is 0 Å². The fourth-order valence-electron chi connectivity index (χ4n) is 7.61. The van der Waals surface area contributed by atoms with Crippen LogP contribution >= 0.6 is 12.6 Å². The number of benzene rings is 1. The Hall–Kier alpha value is -8.29. The van der Waals surface area contributed by atoms with Crippen LogP contribution in [0, 0.1) is 17.8 Å². The minimum Gasteiger partial charge on any atom is -0.508 e. The summed E-state index contributed by atoms with van der Waals surface area (Å²) in [7, 11) is 0. The Labute approximate surface area is 486 Å². The van der Waals surface area contributed by atoms with Crippen LogP contribution in [0.4, 0.5) is 0 Å². The van der Waals surface area contributed by atoms with Crippen molar-refractivity contribution in [2.75, 3.05) is 25.4 Å². The standard InChI is InChI=1S/C51H84N16O15S/c1-8-26(6)41(54)49(80)60-27(7)42(73)64-33(19-37(52)69)47(78)66-34(20-38(53)70)48(79)65-32(17-25(4)5)46(77)63-30(10-9-15-57-51(55)56)43(74)58-22-40(72)62-36(23-83)44(75)59-21-39(71)61-31(16-24(2)3)45(76)67-35(50(81)82)18-28-11-13-29(68)14-12-28/h11-14,24-27,30-36,41,68,83H,8-10,15-23,54H2,1-7H3,(H2,52,69)(H2,53,70)(H,58,74)(H,59,75)(H,60,80)(H,61,71)(H,62,72)(H,63,77)(H,64,73)(H,65,79)(H,66,78)(H,67,76)(H,81,82)(H4,55,56,57)/t26-,27-,30-,31-,32-,33-,34-,35-,36-,41-/m0/s1. The Bertz CT molecular complexity index is 2460. The lowest BCUT2D eigenvalue weighted by atomic mass is 9.99. The lowest BCUT2D eigenvalue weighted by Crippen LogP contribution is -2.60. The Kier molecular flexibility index (Phi) is 32.4. The number of nitrogens with zero attached hydrogens (tertiary/aromatic N) is 1. The maximum atomic E-state index is 14.0. The van der Waals surface area contributed by atoms with E-state index >= 15 is 0 Å². The summed E-state index contributed by atoms with van der Waals surface area (Å²) in [5.41, 5.74) is 28.1. The summed E-state index contributed by atoms with van der Waals surface area (Å²) in [6.45, 7) is 10.2. The molecule has 0 fully saturated rings. The van der Waals surface area contributed by atoms with Gasteiger partial charge in [-0.15, -0.1) is 0 Å². The lowest BCUT2D eigenvalue weighted by Gasteiger charge is -2.27. The molecule has 32 heteroatoms. The summed E-state index contributed by atoms with van der Waals surface area (Å²) in [5.74, 6) is -14.1. The van der Waals surface area contributed by atoms with Gasteiger partial charge in [-0.1, -0.05) is 60.1 Å². The molecule has 0 aliphatic heterocycles. The molecule has 0 bridgehead atoms.